The zero-order chi connectivity index (χ0) is 19.9. The van der Waals surface area contributed by atoms with Crippen molar-refractivity contribution in [1.29, 1.82) is 0 Å². The number of pyridine rings is 2. The first-order chi connectivity index (χ1) is 13.6. The van der Waals surface area contributed by atoms with Gasteiger partial charge in [0, 0.05) is 35.3 Å². The zero-order valence-electron chi connectivity index (χ0n) is 14.7. The number of nitrogens with zero attached hydrogens (tertiary/aromatic N) is 2. The topological polar surface area (TPSA) is 100 Å². The van der Waals surface area contributed by atoms with Crippen LogP contribution in [0.2, 0.25) is 0 Å². The minimum Gasteiger partial charge on any atom is -0.478 e. The van der Waals surface area contributed by atoms with Gasteiger partial charge in [-0.2, -0.15) is 0 Å². The predicted molar refractivity (Wildman–Crippen MR) is 109 cm³/mol. The lowest BCUT2D eigenvalue weighted by molar-refractivity contribution is -0.132. The maximum Gasteiger partial charge on any atom is 0.328 e. The lowest BCUT2D eigenvalue weighted by Crippen LogP contribution is -1.89. The molecule has 6 heteroatoms. The third kappa shape index (κ3) is 4.37. The molecule has 0 aliphatic carbocycles. The number of benzene rings is 1. The van der Waals surface area contributed by atoms with E-state index in [1.807, 2.05) is 36.4 Å². The van der Waals surface area contributed by atoms with Gasteiger partial charge in [-0.1, -0.05) is 48.6 Å². The standard InChI is InChI=1S/C22H16N2O4/c25-19(26)7-3-1-5-15-11-13-23-21-17(15)9-10-18-16(12-14-24-22(18)21)6-2-4-8-20(27)28/h1-14H,(H,25,26)(H,27,28). The molecule has 0 aliphatic rings. The number of hydrogen-bond acceptors (Lipinski definition) is 4. The minimum atomic E-state index is -1.00. The van der Waals surface area contributed by atoms with Gasteiger partial charge in [-0.05, 0) is 23.3 Å². The number of hydrogen-bond donors (Lipinski definition) is 2. The first-order valence-corrected chi connectivity index (χ1v) is 8.38. The minimum absolute atomic E-state index is 0.734. The molecule has 0 radical (unpaired) electrons. The molecule has 0 amide bonds. The molecule has 3 aromatic rings. The number of carboxylic acid groups (broad SMARTS) is 2. The average Bonchev–Trinajstić information content (AvgIpc) is 2.68. The van der Waals surface area contributed by atoms with Crippen molar-refractivity contribution in [3.05, 3.63) is 84.2 Å². The molecule has 0 bridgehead atoms. The maximum absolute atomic E-state index is 10.6. The molecule has 0 saturated heterocycles. The van der Waals surface area contributed by atoms with E-state index in [2.05, 4.69) is 9.97 Å². The van der Waals surface area contributed by atoms with E-state index in [9.17, 15) is 9.59 Å². The summed E-state index contributed by atoms with van der Waals surface area (Å²) in [5.41, 5.74) is 3.26. The third-order valence-electron chi connectivity index (χ3n) is 3.94. The number of carboxylic acids is 2. The van der Waals surface area contributed by atoms with Crippen LogP contribution in [0.15, 0.2) is 73.1 Å². The number of aliphatic carboxylic acids is 2. The van der Waals surface area contributed by atoms with E-state index in [-0.39, 0.29) is 0 Å². The van der Waals surface area contributed by atoms with E-state index in [4.69, 9.17) is 10.2 Å². The van der Waals surface area contributed by atoms with Crippen molar-refractivity contribution in [2.24, 2.45) is 0 Å². The average molecular weight is 372 g/mol. The van der Waals surface area contributed by atoms with E-state index in [1.165, 1.54) is 12.2 Å². The molecule has 138 valence electrons. The third-order valence-corrected chi connectivity index (χ3v) is 3.94. The molecule has 0 unspecified atom stereocenters. The molecular weight excluding hydrogens is 356 g/mol. The van der Waals surface area contributed by atoms with Gasteiger partial charge < -0.3 is 10.2 Å². The highest BCUT2D eigenvalue weighted by molar-refractivity contribution is 6.07. The van der Waals surface area contributed by atoms with Gasteiger partial charge in [0.2, 0.25) is 0 Å². The van der Waals surface area contributed by atoms with E-state index in [0.29, 0.717) is 0 Å². The van der Waals surface area contributed by atoms with E-state index < -0.39 is 11.9 Å². The van der Waals surface area contributed by atoms with Crippen LogP contribution < -0.4 is 0 Å². The summed E-state index contributed by atoms with van der Waals surface area (Å²) in [7, 11) is 0. The number of fused-ring (bicyclic) bond motifs is 3. The van der Waals surface area contributed by atoms with Gasteiger partial charge >= 0.3 is 11.9 Å². The highest BCUT2D eigenvalue weighted by Gasteiger charge is 2.07. The fraction of sp³-hybridized carbons (Fsp3) is 0. The van der Waals surface area contributed by atoms with Crippen LogP contribution >= 0.6 is 0 Å². The Kier molecular flexibility index (Phi) is 5.72. The van der Waals surface area contributed by atoms with E-state index in [0.717, 1.165) is 45.1 Å². The molecule has 6 nitrogen and oxygen atoms in total. The molecule has 0 spiro atoms. The van der Waals surface area contributed by atoms with Gasteiger partial charge in [0.1, 0.15) is 0 Å². The Morgan fingerprint density at radius 3 is 1.50 bits per heavy atom. The van der Waals surface area contributed by atoms with Crippen LogP contribution in [0, 0.1) is 0 Å². The van der Waals surface area contributed by atoms with Crippen molar-refractivity contribution in [2.45, 2.75) is 0 Å². The number of carbonyl (C=O) groups is 2. The maximum atomic E-state index is 10.6. The van der Waals surface area contributed by atoms with Gasteiger partial charge in [-0.3, -0.25) is 9.97 Å². The van der Waals surface area contributed by atoms with Crippen molar-refractivity contribution in [3.8, 4) is 0 Å². The lowest BCUT2D eigenvalue weighted by atomic mass is 10.0. The Labute approximate surface area is 160 Å². The summed E-state index contributed by atoms with van der Waals surface area (Å²) < 4.78 is 0. The molecule has 1 aromatic carbocycles. The Morgan fingerprint density at radius 1 is 0.679 bits per heavy atom. The second-order valence-electron chi connectivity index (χ2n) is 5.77. The lowest BCUT2D eigenvalue weighted by Gasteiger charge is -2.07. The molecule has 0 aliphatic heterocycles. The number of allylic oxidation sites excluding steroid dienone is 4. The Bertz CT molecular complexity index is 1080. The van der Waals surface area contributed by atoms with Gasteiger partial charge in [-0.25, -0.2) is 9.59 Å². The van der Waals surface area contributed by atoms with E-state index >= 15 is 0 Å². The fourth-order valence-corrected chi connectivity index (χ4v) is 2.76. The van der Waals surface area contributed by atoms with Gasteiger partial charge in [-0.15, -0.1) is 0 Å². The normalized spacial score (nSPS) is 12.3. The first kappa shape index (κ1) is 18.7. The highest BCUT2D eigenvalue weighted by Crippen LogP contribution is 2.27. The van der Waals surface area contributed by atoms with Crippen molar-refractivity contribution in [1.82, 2.24) is 9.97 Å². The van der Waals surface area contributed by atoms with Gasteiger partial charge in [0.05, 0.1) is 11.0 Å². The second kappa shape index (κ2) is 8.55. The van der Waals surface area contributed by atoms with Crippen LogP contribution in [0.4, 0.5) is 0 Å². The van der Waals surface area contributed by atoms with Crippen molar-refractivity contribution < 1.29 is 19.8 Å². The Morgan fingerprint density at radius 2 is 1.11 bits per heavy atom. The molecule has 2 heterocycles. The van der Waals surface area contributed by atoms with Crippen LogP contribution in [-0.2, 0) is 9.59 Å². The largest absolute Gasteiger partial charge is 0.478 e. The molecule has 3 rings (SSSR count). The monoisotopic (exact) mass is 372 g/mol. The summed E-state index contributed by atoms with van der Waals surface area (Å²) in [6.07, 6.45) is 15.4. The predicted octanol–water partition coefficient (Wildman–Crippen LogP) is 4.09. The molecule has 0 fully saturated rings. The zero-order valence-corrected chi connectivity index (χ0v) is 14.7. The Balaban J connectivity index is 2.05. The summed E-state index contributed by atoms with van der Waals surface area (Å²) in [5, 5.41) is 19.1. The fourth-order valence-electron chi connectivity index (χ4n) is 2.76. The van der Waals surface area contributed by atoms with Crippen molar-refractivity contribution in [2.75, 3.05) is 0 Å². The van der Waals surface area contributed by atoms with Crippen LogP contribution in [0.1, 0.15) is 11.1 Å². The smallest absolute Gasteiger partial charge is 0.328 e. The Hall–Kier alpha value is -4.06. The molecule has 0 saturated carbocycles. The summed E-state index contributed by atoms with van der Waals surface area (Å²) >= 11 is 0. The van der Waals surface area contributed by atoms with E-state index in [1.54, 1.807) is 24.5 Å². The van der Waals surface area contributed by atoms with Gasteiger partial charge in [0.15, 0.2) is 0 Å². The number of rotatable bonds is 6. The van der Waals surface area contributed by atoms with Crippen molar-refractivity contribution >= 4 is 45.9 Å². The van der Waals surface area contributed by atoms with Crippen LogP contribution in [-0.4, -0.2) is 32.1 Å². The molecule has 2 N–H and O–H groups in total. The summed E-state index contributed by atoms with van der Waals surface area (Å²) in [6.45, 7) is 0. The molecule has 0 atom stereocenters. The number of aromatic nitrogens is 2. The molecule has 28 heavy (non-hydrogen) atoms. The van der Waals surface area contributed by atoms with Crippen LogP contribution in [0.25, 0.3) is 34.0 Å². The first-order valence-electron chi connectivity index (χ1n) is 8.38. The summed E-state index contributed by atoms with van der Waals surface area (Å²) in [6, 6.07) is 7.58. The second-order valence-corrected chi connectivity index (χ2v) is 5.77. The SMILES string of the molecule is O=C(O)C=CC=Cc1ccnc2c1ccc1c(C=CC=CC(=O)O)ccnc12. The van der Waals surface area contributed by atoms with Gasteiger partial charge in [0.25, 0.3) is 0 Å². The van der Waals surface area contributed by atoms with Crippen LogP contribution in [0.5, 0.6) is 0 Å². The summed E-state index contributed by atoms with van der Waals surface area (Å²) in [5.74, 6) is -2.00. The van der Waals surface area contributed by atoms with Crippen molar-refractivity contribution in [3.63, 3.8) is 0 Å². The van der Waals surface area contributed by atoms with Crippen LogP contribution in [0.3, 0.4) is 0 Å². The highest BCUT2D eigenvalue weighted by atomic mass is 16.4. The molecule has 2 aromatic heterocycles. The summed E-state index contributed by atoms with van der Waals surface area (Å²) in [4.78, 5) is 30.0. The quantitative estimate of drug-likeness (QED) is 0.384. The molecular formula is C22H16N2O4.